The molecule has 2 heteroatoms. The molecule has 1 aliphatic heterocycles. The zero-order chi connectivity index (χ0) is 9.64. The van der Waals surface area contributed by atoms with Crippen molar-refractivity contribution in [2.75, 3.05) is 0 Å². The first-order valence-electron chi connectivity index (χ1n) is 5.26. The highest BCUT2D eigenvalue weighted by Gasteiger charge is 2.52. The average molecular weight is 182 g/mol. The second-order valence-electron chi connectivity index (χ2n) is 5.02. The molecule has 0 radical (unpaired) electrons. The molecule has 0 N–H and O–H groups in total. The Morgan fingerprint density at radius 1 is 1.38 bits per heavy atom. The standard InChI is InChI=1S/C11H18O2/c1-7-4-5-9-8(2)10(12)13-11(9,3)6-7/h7-9H,4-6H2,1-3H3/t7-,8-,9?,11?/m1/s1. The molecule has 0 amide bonds. The molecule has 1 aliphatic carbocycles. The Hall–Kier alpha value is -0.530. The summed E-state index contributed by atoms with van der Waals surface area (Å²) in [6.45, 7) is 6.36. The van der Waals surface area contributed by atoms with Crippen LogP contribution in [-0.4, -0.2) is 11.6 Å². The fraction of sp³-hybridized carbons (Fsp3) is 0.909. The van der Waals surface area contributed by atoms with Crippen LogP contribution >= 0.6 is 0 Å². The van der Waals surface area contributed by atoms with E-state index in [2.05, 4.69) is 13.8 Å². The molecule has 2 nitrogen and oxygen atoms in total. The highest BCUT2D eigenvalue weighted by molar-refractivity contribution is 5.75. The second kappa shape index (κ2) is 2.73. The Balaban J connectivity index is 2.22. The highest BCUT2D eigenvalue weighted by atomic mass is 16.6. The lowest BCUT2D eigenvalue weighted by Gasteiger charge is -2.37. The molecule has 74 valence electrons. The predicted octanol–water partition coefficient (Wildman–Crippen LogP) is 2.37. The van der Waals surface area contributed by atoms with Crippen LogP contribution in [0.2, 0.25) is 0 Å². The largest absolute Gasteiger partial charge is 0.459 e. The Labute approximate surface area is 79.7 Å². The van der Waals surface area contributed by atoms with E-state index >= 15 is 0 Å². The first-order chi connectivity index (χ1) is 6.03. The van der Waals surface area contributed by atoms with Crippen molar-refractivity contribution in [1.29, 1.82) is 0 Å². The van der Waals surface area contributed by atoms with Crippen molar-refractivity contribution in [3.05, 3.63) is 0 Å². The fourth-order valence-corrected chi connectivity index (χ4v) is 3.10. The van der Waals surface area contributed by atoms with E-state index in [0.717, 1.165) is 12.8 Å². The number of esters is 1. The topological polar surface area (TPSA) is 26.3 Å². The summed E-state index contributed by atoms with van der Waals surface area (Å²) in [4.78, 5) is 11.4. The summed E-state index contributed by atoms with van der Waals surface area (Å²) < 4.78 is 5.50. The van der Waals surface area contributed by atoms with Crippen LogP contribution in [0.1, 0.15) is 40.0 Å². The van der Waals surface area contributed by atoms with Gasteiger partial charge in [0.15, 0.2) is 0 Å². The van der Waals surface area contributed by atoms with Crippen LogP contribution in [0.25, 0.3) is 0 Å². The molecule has 2 aliphatic rings. The van der Waals surface area contributed by atoms with E-state index in [0.29, 0.717) is 11.8 Å². The molecular weight excluding hydrogens is 164 g/mol. The summed E-state index contributed by atoms with van der Waals surface area (Å²) in [5, 5.41) is 0. The molecule has 1 heterocycles. The minimum absolute atomic E-state index is 0.0154. The van der Waals surface area contributed by atoms with E-state index in [9.17, 15) is 4.79 Å². The molecular formula is C11H18O2. The van der Waals surface area contributed by atoms with Gasteiger partial charge in [0.1, 0.15) is 5.60 Å². The van der Waals surface area contributed by atoms with E-state index < -0.39 is 0 Å². The van der Waals surface area contributed by atoms with Gasteiger partial charge in [-0.25, -0.2) is 0 Å². The molecule has 0 spiro atoms. The lowest BCUT2D eigenvalue weighted by atomic mass is 9.69. The molecule has 1 saturated carbocycles. The zero-order valence-corrected chi connectivity index (χ0v) is 8.67. The SMILES string of the molecule is C[C@@H]1CCC2[C@@H](C)C(=O)OC2(C)C1. The number of ether oxygens (including phenoxy) is 1. The first-order valence-corrected chi connectivity index (χ1v) is 5.26. The fourth-order valence-electron chi connectivity index (χ4n) is 3.10. The number of hydrogen-bond acceptors (Lipinski definition) is 2. The maximum atomic E-state index is 11.4. The third-order valence-electron chi connectivity index (χ3n) is 3.82. The summed E-state index contributed by atoms with van der Waals surface area (Å²) in [7, 11) is 0. The number of fused-ring (bicyclic) bond motifs is 1. The lowest BCUT2D eigenvalue weighted by molar-refractivity contribution is -0.151. The van der Waals surface area contributed by atoms with E-state index in [1.165, 1.54) is 6.42 Å². The maximum Gasteiger partial charge on any atom is 0.309 e. The Morgan fingerprint density at radius 3 is 2.77 bits per heavy atom. The Kier molecular flexibility index (Phi) is 1.90. The van der Waals surface area contributed by atoms with Gasteiger partial charge in [0.2, 0.25) is 0 Å². The summed E-state index contributed by atoms with van der Waals surface area (Å²) in [5.41, 5.74) is -0.145. The van der Waals surface area contributed by atoms with Gasteiger partial charge in [-0.1, -0.05) is 20.3 Å². The monoisotopic (exact) mass is 182 g/mol. The molecule has 0 aromatic carbocycles. The van der Waals surface area contributed by atoms with Gasteiger partial charge in [-0.05, 0) is 25.7 Å². The van der Waals surface area contributed by atoms with E-state index in [-0.39, 0.29) is 17.5 Å². The minimum Gasteiger partial charge on any atom is -0.459 e. The zero-order valence-electron chi connectivity index (χ0n) is 8.67. The van der Waals surface area contributed by atoms with Gasteiger partial charge in [0.25, 0.3) is 0 Å². The Morgan fingerprint density at radius 2 is 2.08 bits per heavy atom. The van der Waals surface area contributed by atoms with Crippen molar-refractivity contribution in [2.24, 2.45) is 17.8 Å². The molecule has 0 bridgehead atoms. The Bertz CT molecular complexity index is 236. The lowest BCUT2D eigenvalue weighted by Crippen LogP contribution is -2.38. The number of rotatable bonds is 0. The molecule has 0 aromatic heterocycles. The van der Waals surface area contributed by atoms with Crippen molar-refractivity contribution in [2.45, 2.75) is 45.6 Å². The minimum atomic E-state index is -0.145. The van der Waals surface area contributed by atoms with E-state index in [1.807, 2.05) is 6.92 Å². The van der Waals surface area contributed by atoms with Gasteiger partial charge >= 0.3 is 5.97 Å². The first kappa shape index (κ1) is 9.04. The van der Waals surface area contributed by atoms with Crippen molar-refractivity contribution in [3.63, 3.8) is 0 Å². The molecule has 2 fully saturated rings. The third-order valence-corrected chi connectivity index (χ3v) is 3.82. The molecule has 2 rings (SSSR count). The smallest absolute Gasteiger partial charge is 0.309 e. The van der Waals surface area contributed by atoms with Crippen LogP contribution < -0.4 is 0 Å². The third kappa shape index (κ3) is 1.27. The second-order valence-corrected chi connectivity index (χ2v) is 5.02. The van der Waals surface area contributed by atoms with Gasteiger partial charge in [-0.3, -0.25) is 4.79 Å². The van der Waals surface area contributed by atoms with Crippen LogP contribution in [0.4, 0.5) is 0 Å². The predicted molar refractivity (Wildman–Crippen MR) is 50.2 cm³/mol. The summed E-state index contributed by atoms with van der Waals surface area (Å²) >= 11 is 0. The molecule has 4 atom stereocenters. The van der Waals surface area contributed by atoms with Crippen LogP contribution in [0.5, 0.6) is 0 Å². The quantitative estimate of drug-likeness (QED) is 0.538. The van der Waals surface area contributed by atoms with Crippen molar-refractivity contribution in [3.8, 4) is 0 Å². The van der Waals surface area contributed by atoms with Crippen LogP contribution in [0.15, 0.2) is 0 Å². The van der Waals surface area contributed by atoms with Gasteiger partial charge < -0.3 is 4.74 Å². The van der Waals surface area contributed by atoms with Crippen LogP contribution in [-0.2, 0) is 9.53 Å². The van der Waals surface area contributed by atoms with Gasteiger partial charge in [0, 0.05) is 5.92 Å². The van der Waals surface area contributed by atoms with Gasteiger partial charge in [0.05, 0.1) is 5.92 Å². The van der Waals surface area contributed by atoms with Crippen molar-refractivity contribution < 1.29 is 9.53 Å². The highest BCUT2D eigenvalue weighted by Crippen LogP contribution is 2.48. The number of hydrogen-bond donors (Lipinski definition) is 0. The van der Waals surface area contributed by atoms with Crippen LogP contribution in [0, 0.1) is 17.8 Å². The normalized spacial score (nSPS) is 50.1. The van der Waals surface area contributed by atoms with Gasteiger partial charge in [-0.2, -0.15) is 0 Å². The summed E-state index contributed by atoms with van der Waals surface area (Å²) in [6.07, 6.45) is 3.46. The van der Waals surface area contributed by atoms with Gasteiger partial charge in [-0.15, -0.1) is 0 Å². The molecule has 1 saturated heterocycles. The van der Waals surface area contributed by atoms with Crippen LogP contribution in [0.3, 0.4) is 0 Å². The number of carbonyl (C=O) groups excluding carboxylic acids is 1. The maximum absolute atomic E-state index is 11.4. The van der Waals surface area contributed by atoms with Crippen molar-refractivity contribution >= 4 is 5.97 Å². The number of carbonyl (C=O) groups is 1. The summed E-state index contributed by atoms with van der Waals surface area (Å²) in [5.74, 6) is 1.31. The van der Waals surface area contributed by atoms with Crippen molar-refractivity contribution in [1.82, 2.24) is 0 Å². The molecule has 0 aromatic rings. The van der Waals surface area contributed by atoms with E-state index in [4.69, 9.17) is 4.74 Å². The molecule has 2 unspecified atom stereocenters. The van der Waals surface area contributed by atoms with E-state index in [1.54, 1.807) is 0 Å². The average Bonchev–Trinajstić information content (AvgIpc) is 2.22. The summed E-state index contributed by atoms with van der Waals surface area (Å²) in [6, 6.07) is 0. The molecule has 13 heavy (non-hydrogen) atoms.